The summed E-state index contributed by atoms with van der Waals surface area (Å²) in [5.41, 5.74) is -1.06. The predicted octanol–water partition coefficient (Wildman–Crippen LogP) is 2.31. The molecule has 0 saturated heterocycles. The summed E-state index contributed by atoms with van der Waals surface area (Å²) in [6.07, 6.45) is 3.81. The summed E-state index contributed by atoms with van der Waals surface area (Å²) in [5, 5.41) is 8.94. The Balaban J connectivity index is 2.56. The second-order valence-corrected chi connectivity index (χ2v) is 3.53. The quantitative estimate of drug-likeness (QED) is 0.687. The van der Waals surface area contributed by atoms with E-state index in [0.29, 0.717) is 12.8 Å². The third-order valence-corrected chi connectivity index (χ3v) is 2.75. The molecule has 1 aromatic heterocycles. The number of nitriles is 1. The molecule has 72 valence electrons. The molecule has 1 saturated carbocycles. The first-order valence-corrected chi connectivity index (χ1v) is 4.40. The predicted molar refractivity (Wildman–Crippen MR) is 45.3 cm³/mol. The average Bonchev–Trinajstić information content (AvgIpc) is 2.08. The van der Waals surface area contributed by atoms with E-state index >= 15 is 0 Å². The van der Waals surface area contributed by atoms with Crippen molar-refractivity contribution in [3.8, 4) is 6.07 Å². The minimum Gasteiger partial charge on any atom is -0.259 e. The second kappa shape index (κ2) is 3.02. The van der Waals surface area contributed by atoms with Crippen molar-refractivity contribution in [2.24, 2.45) is 0 Å². The second-order valence-electron chi connectivity index (χ2n) is 3.53. The molecule has 1 aromatic rings. The molecule has 0 bridgehead atoms. The van der Waals surface area contributed by atoms with Crippen molar-refractivity contribution < 1.29 is 8.78 Å². The van der Waals surface area contributed by atoms with Crippen LogP contribution in [0.2, 0.25) is 0 Å². The van der Waals surface area contributed by atoms with Crippen LogP contribution in [0.3, 0.4) is 0 Å². The van der Waals surface area contributed by atoms with Gasteiger partial charge in [0.2, 0.25) is 0 Å². The van der Waals surface area contributed by atoms with E-state index in [-0.39, 0.29) is 5.56 Å². The summed E-state index contributed by atoms with van der Waals surface area (Å²) in [4.78, 5) is 3.39. The van der Waals surface area contributed by atoms with Crippen LogP contribution in [0, 0.1) is 23.0 Å². The van der Waals surface area contributed by atoms with Crippen molar-refractivity contribution in [1.82, 2.24) is 4.98 Å². The van der Waals surface area contributed by atoms with Crippen molar-refractivity contribution in [3.05, 3.63) is 29.6 Å². The molecule has 0 amide bonds. The lowest BCUT2D eigenvalue weighted by atomic mass is 9.65. The third kappa shape index (κ3) is 1.09. The minimum atomic E-state index is -0.947. The zero-order valence-corrected chi connectivity index (χ0v) is 7.43. The number of hydrogen-bond acceptors (Lipinski definition) is 2. The number of aromatic nitrogens is 1. The van der Waals surface area contributed by atoms with Crippen LogP contribution in [0.25, 0.3) is 0 Å². The fourth-order valence-electron chi connectivity index (χ4n) is 1.82. The summed E-state index contributed by atoms with van der Waals surface area (Å²) < 4.78 is 26.6. The molecule has 4 heteroatoms. The monoisotopic (exact) mass is 194 g/mol. The van der Waals surface area contributed by atoms with Gasteiger partial charge in [0, 0.05) is 5.56 Å². The normalized spacial score (nSPS) is 18.4. The molecule has 2 nitrogen and oxygen atoms in total. The van der Waals surface area contributed by atoms with E-state index in [4.69, 9.17) is 5.26 Å². The molecule has 0 N–H and O–H groups in total. The lowest BCUT2D eigenvalue weighted by Crippen LogP contribution is -2.34. The van der Waals surface area contributed by atoms with Crippen molar-refractivity contribution in [1.29, 1.82) is 5.26 Å². The molecular weight excluding hydrogens is 186 g/mol. The van der Waals surface area contributed by atoms with Gasteiger partial charge in [0.05, 0.1) is 23.9 Å². The number of nitrogens with zero attached hydrogens (tertiary/aromatic N) is 2. The average molecular weight is 194 g/mol. The van der Waals surface area contributed by atoms with Gasteiger partial charge in [-0.25, -0.2) is 8.78 Å². The fourth-order valence-corrected chi connectivity index (χ4v) is 1.82. The third-order valence-electron chi connectivity index (χ3n) is 2.75. The number of rotatable bonds is 1. The van der Waals surface area contributed by atoms with Crippen LogP contribution in [0.1, 0.15) is 24.8 Å². The zero-order valence-electron chi connectivity index (χ0n) is 7.43. The first-order valence-electron chi connectivity index (χ1n) is 4.40. The van der Waals surface area contributed by atoms with Crippen molar-refractivity contribution in [3.63, 3.8) is 0 Å². The Kier molecular flexibility index (Phi) is 1.95. The highest BCUT2D eigenvalue weighted by Gasteiger charge is 2.43. The van der Waals surface area contributed by atoms with Crippen LogP contribution in [0.5, 0.6) is 0 Å². The van der Waals surface area contributed by atoms with E-state index < -0.39 is 17.0 Å². The summed E-state index contributed by atoms with van der Waals surface area (Å²) in [5.74, 6) is -1.43. The van der Waals surface area contributed by atoms with Crippen LogP contribution in [0.15, 0.2) is 12.4 Å². The minimum absolute atomic E-state index is 0.110. The van der Waals surface area contributed by atoms with Crippen molar-refractivity contribution >= 4 is 0 Å². The summed E-state index contributed by atoms with van der Waals surface area (Å²) in [6.45, 7) is 0. The highest BCUT2D eigenvalue weighted by atomic mass is 19.1. The van der Waals surface area contributed by atoms with Gasteiger partial charge in [-0.2, -0.15) is 5.26 Å². The zero-order chi connectivity index (χ0) is 10.2. The molecule has 0 spiro atoms. The van der Waals surface area contributed by atoms with Gasteiger partial charge < -0.3 is 0 Å². The summed E-state index contributed by atoms with van der Waals surface area (Å²) in [6, 6.07) is 2.01. The van der Waals surface area contributed by atoms with Crippen LogP contribution in [-0.4, -0.2) is 4.98 Å². The van der Waals surface area contributed by atoms with Crippen LogP contribution in [0.4, 0.5) is 8.78 Å². The van der Waals surface area contributed by atoms with Gasteiger partial charge in [0.25, 0.3) is 0 Å². The molecule has 2 rings (SSSR count). The Morgan fingerprint density at radius 3 is 2.21 bits per heavy atom. The number of halogens is 2. The van der Waals surface area contributed by atoms with Gasteiger partial charge in [-0.05, 0) is 19.3 Å². The molecule has 0 radical (unpaired) electrons. The topological polar surface area (TPSA) is 36.7 Å². The van der Waals surface area contributed by atoms with E-state index in [1.807, 2.05) is 6.07 Å². The Morgan fingerprint density at radius 1 is 1.29 bits per heavy atom. The highest BCUT2D eigenvalue weighted by molar-refractivity contribution is 5.35. The first kappa shape index (κ1) is 9.07. The lowest BCUT2D eigenvalue weighted by Gasteiger charge is -2.35. The van der Waals surface area contributed by atoms with Crippen LogP contribution in [-0.2, 0) is 5.41 Å². The molecule has 0 unspecified atom stereocenters. The SMILES string of the molecule is N#CC1(c2c(F)cncc2F)CCC1. The Labute approximate surface area is 80.2 Å². The van der Waals surface area contributed by atoms with Gasteiger partial charge in [0.1, 0.15) is 11.6 Å². The maximum absolute atomic E-state index is 13.3. The van der Waals surface area contributed by atoms with Gasteiger partial charge in [-0.1, -0.05) is 0 Å². The molecule has 0 aliphatic heterocycles. The van der Waals surface area contributed by atoms with Crippen LogP contribution >= 0.6 is 0 Å². The van der Waals surface area contributed by atoms with E-state index in [9.17, 15) is 8.78 Å². The maximum Gasteiger partial charge on any atom is 0.149 e. The summed E-state index contributed by atoms with van der Waals surface area (Å²) >= 11 is 0. The molecule has 0 aromatic carbocycles. The molecule has 0 atom stereocenters. The van der Waals surface area contributed by atoms with Gasteiger partial charge >= 0.3 is 0 Å². The van der Waals surface area contributed by atoms with E-state index in [0.717, 1.165) is 18.8 Å². The molecular formula is C10H8F2N2. The Morgan fingerprint density at radius 2 is 1.86 bits per heavy atom. The number of hydrogen-bond donors (Lipinski definition) is 0. The van der Waals surface area contributed by atoms with Crippen molar-refractivity contribution in [2.75, 3.05) is 0 Å². The summed E-state index contributed by atoms with van der Waals surface area (Å²) in [7, 11) is 0. The van der Waals surface area contributed by atoms with E-state index in [2.05, 4.69) is 4.98 Å². The Hall–Kier alpha value is -1.50. The largest absolute Gasteiger partial charge is 0.259 e. The molecule has 1 aliphatic rings. The van der Waals surface area contributed by atoms with Crippen molar-refractivity contribution in [2.45, 2.75) is 24.7 Å². The fraction of sp³-hybridized carbons (Fsp3) is 0.400. The van der Waals surface area contributed by atoms with E-state index in [1.165, 1.54) is 0 Å². The maximum atomic E-state index is 13.3. The Bertz CT molecular complexity index is 385. The molecule has 1 aliphatic carbocycles. The van der Waals surface area contributed by atoms with Gasteiger partial charge in [-0.3, -0.25) is 4.98 Å². The standard InChI is InChI=1S/C10H8F2N2/c11-7-4-14-5-8(12)9(7)10(6-13)2-1-3-10/h4-5H,1-3H2. The van der Waals surface area contributed by atoms with Crippen LogP contribution < -0.4 is 0 Å². The molecule has 14 heavy (non-hydrogen) atoms. The smallest absolute Gasteiger partial charge is 0.149 e. The molecule has 1 fully saturated rings. The van der Waals surface area contributed by atoms with E-state index in [1.54, 1.807) is 0 Å². The highest BCUT2D eigenvalue weighted by Crippen LogP contribution is 2.44. The first-order chi connectivity index (χ1) is 6.69. The molecule has 1 heterocycles. The van der Waals surface area contributed by atoms with Gasteiger partial charge in [-0.15, -0.1) is 0 Å². The number of pyridine rings is 1. The lowest BCUT2D eigenvalue weighted by molar-refractivity contribution is 0.300. The van der Waals surface area contributed by atoms with Gasteiger partial charge in [0.15, 0.2) is 0 Å².